The van der Waals surface area contributed by atoms with Crippen molar-refractivity contribution in [3.05, 3.63) is 24.3 Å². The van der Waals surface area contributed by atoms with Gasteiger partial charge in [-0.05, 0) is 26.0 Å². The number of carbonyl (C=O) groups is 1. The molecule has 0 spiro atoms. The van der Waals surface area contributed by atoms with E-state index in [2.05, 4.69) is 28.8 Å². The highest BCUT2D eigenvalue weighted by molar-refractivity contribution is 5.89. The van der Waals surface area contributed by atoms with Crippen molar-refractivity contribution in [1.82, 2.24) is 0 Å². The summed E-state index contributed by atoms with van der Waals surface area (Å²) in [6.45, 7) is 5.96. The van der Waals surface area contributed by atoms with Crippen LogP contribution in [0.4, 0.5) is 16.2 Å². The van der Waals surface area contributed by atoms with Gasteiger partial charge in [0.05, 0.1) is 18.5 Å². The number of nitrogens with one attached hydrogen (secondary N) is 1. The van der Waals surface area contributed by atoms with E-state index in [-0.39, 0.29) is 0 Å². The van der Waals surface area contributed by atoms with Gasteiger partial charge in [0, 0.05) is 13.1 Å². The van der Waals surface area contributed by atoms with E-state index in [0.29, 0.717) is 0 Å². The quantitative estimate of drug-likeness (QED) is 0.851. The predicted molar refractivity (Wildman–Crippen MR) is 66.0 cm³/mol. The van der Waals surface area contributed by atoms with Crippen molar-refractivity contribution in [3.63, 3.8) is 0 Å². The van der Waals surface area contributed by atoms with E-state index in [0.717, 1.165) is 24.5 Å². The van der Waals surface area contributed by atoms with Gasteiger partial charge in [0.15, 0.2) is 0 Å². The van der Waals surface area contributed by atoms with Gasteiger partial charge < -0.3 is 9.64 Å². The minimum absolute atomic E-state index is 0.445. The number of anilines is 2. The van der Waals surface area contributed by atoms with Crippen LogP contribution in [-0.4, -0.2) is 26.3 Å². The Bertz CT molecular complexity index is 349. The van der Waals surface area contributed by atoms with Crippen LogP contribution in [0.3, 0.4) is 0 Å². The average molecular weight is 222 g/mol. The van der Waals surface area contributed by atoms with Crippen molar-refractivity contribution in [2.24, 2.45) is 0 Å². The summed E-state index contributed by atoms with van der Waals surface area (Å²) in [6.07, 6.45) is -0.445. The predicted octanol–water partition coefficient (Wildman–Crippen LogP) is 2.71. The number of ether oxygens (including phenoxy) is 1. The molecule has 0 atom stereocenters. The van der Waals surface area contributed by atoms with Crippen molar-refractivity contribution < 1.29 is 9.53 Å². The Morgan fingerprint density at radius 1 is 1.31 bits per heavy atom. The van der Waals surface area contributed by atoms with Crippen molar-refractivity contribution in [1.29, 1.82) is 0 Å². The molecule has 1 aromatic rings. The number of hydrogen-bond donors (Lipinski definition) is 1. The summed E-state index contributed by atoms with van der Waals surface area (Å²) in [5.74, 6) is 0. The Labute approximate surface area is 96.2 Å². The lowest BCUT2D eigenvalue weighted by Crippen LogP contribution is -2.24. The fourth-order valence-corrected chi connectivity index (χ4v) is 1.58. The maximum Gasteiger partial charge on any atom is 0.411 e. The molecule has 0 radical (unpaired) electrons. The highest BCUT2D eigenvalue weighted by Crippen LogP contribution is 2.25. The van der Waals surface area contributed by atoms with Crippen LogP contribution >= 0.6 is 0 Å². The summed E-state index contributed by atoms with van der Waals surface area (Å²) < 4.78 is 4.59. The molecule has 0 aromatic heterocycles. The van der Waals surface area contributed by atoms with E-state index in [4.69, 9.17) is 0 Å². The van der Waals surface area contributed by atoms with E-state index >= 15 is 0 Å². The Morgan fingerprint density at radius 3 is 2.50 bits per heavy atom. The maximum absolute atomic E-state index is 11.2. The Kier molecular flexibility index (Phi) is 4.64. The summed E-state index contributed by atoms with van der Waals surface area (Å²) in [4.78, 5) is 13.4. The zero-order valence-electron chi connectivity index (χ0n) is 9.99. The first-order chi connectivity index (χ1) is 7.72. The fourth-order valence-electron chi connectivity index (χ4n) is 1.58. The van der Waals surface area contributed by atoms with E-state index < -0.39 is 6.09 Å². The van der Waals surface area contributed by atoms with Gasteiger partial charge in [-0.2, -0.15) is 0 Å². The third-order valence-electron chi connectivity index (χ3n) is 2.43. The SMILES string of the molecule is CCN(CC)c1ccccc1NC(=O)OC. The standard InChI is InChI=1S/C12H18N2O2/c1-4-14(5-2)11-9-7-6-8-10(11)13-12(15)16-3/h6-9H,4-5H2,1-3H3,(H,13,15). The first kappa shape index (κ1) is 12.4. The van der Waals surface area contributed by atoms with E-state index in [1.54, 1.807) is 0 Å². The molecule has 4 nitrogen and oxygen atoms in total. The molecule has 1 amide bonds. The third kappa shape index (κ3) is 2.89. The van der Waals surface area contributed by atoms with Crippen LogP contribution in [0.25, 0.3) is 0 Å². The van der Waals surface area contributed by atoms with Gasteiger partial charge in [-0.1, -0.05) is 12.1 Å². The Balaban J connectivity index is 2.94. The maximum atomic E-state index is 11.2. The molecule has 0 bridgehead atoms. The minimum Gasteiger partial charge on any atom is -0.453 e. The molecule has 0 saturated heterocycles. The lowest BCUT2D eigenvalue weighted by Gasteiger charge is -2.23. The molecule has 1 aromatic carbocycles. The molecule has 0 aliphatic carbocycles. The number of methoxy groups -OCH3 is 1. The number of hydrogen-bond acceptors (Lipinski definition) is 3. The highest BCUT2D eigenvalue weighted by atomic mass is 16.5. The second kappa shape index (κ2) is 6.00. The van der Waals surface area contributed by atoms with E-state index in [1.165, 1.54) is 7.11 Å². The summed E-state index contributed by atoms with van der Waals surface area (Å²) in [6, 6.07) is 7.69. The van der Waals surface area contributed by atoms with Crippen LogP contribution in [0.15, 0.2) is 24.3 Å². The van der Waals surface area contributed by atoms with Crippen LogP contribution in [0.5, 0.6) is 0 Å². The second-order valence-electron chi connectivity index (χ2n) is 3.31. The lowest BCUT2D eigenvalue weighted by atomic mass is 10.2. The Morgan fingerprint density at radius 2 is 1.94 bits per heavy atom. The van der Waals surface area contributed by atoms with Gasteiger partial charge in [0.25, 0.3) is 0 Å². The van der Waals surface area contributed by atoms with Gasteiger partial charge in [-0.3, -0.25) is 5.32 Å². The molecule has 0 heterocycles. The van der Waals surface area contributed by atoms with E-state index in [1.807, 2.05) is 24.3 Å². The number of amides is 1. The van der Waals surface area contributed by atoms with Crippen LogP contribution in [-0.2, 0) is 4.74 Å². The van der Waals surface area contributed by atoms with Crippen molar-refractivity contribution in [2.75, 3.05) is 30.4 Å². The fraction of sp³-hybridized carbons (Fsp3) is 0.417. The molecule has 88 valence electrons. The topological polar surface area (TPSA) is 41.6 Å². The summed E-state index contributed by atoms with van der Waals surface area (Å²) >= 11 is 0. The molecule has 16 heavy (non-hydrogen) atoms. The van der Waals surface area contributed by atoms with E-state index in [9.17, 15) is 4.79 Å². The molecule has 1 rings (SSSR count). The zero-order chi connectivity index (χ0) is 12.0. The monoisotopic (exact) mass is 222 g/mol. The van der Waals surface area contributed by atoms with Gasteiger partial charge in [-0.15, -0.1) is 0 Å². The smallest absolute Gasteiger partial charge is 0.411 e. The largest absolute Gasteiger partial charge is 0.453 e. The Hall–Kier alpha value is -1.71. The van der Waals surface area contributed by atoms with Crippen LogP contribution in [0, 0.1) is 0 Å². The molecule has 0 unspecified atom stereocenters. The number of nitrogens with zero attached hydrogens (tertiary/aromatic N) is 1. The molecular formula is C12H18N2O2. The average Bonchev–Trinajstić information content (AvgIpc) is 2.32. The molecule has 0 aliphatic rings. The van der Waals surface area contributed by atoms with Crippen molar-refractivity contribution in [3.8, 4) is 0 Å². The van der Waals surface area contributed by atoms with Gasteiger partial charge >= 0.3 is 6.09 Å². The molecule has 0 fully saturated rings. The van der Waals surface area contributed by atoms with Crippen molar-refractivity contribution >= 4 is 17.5 Å². The van der Waals surface area contributed by atoms with Crippen LogP contribution < -0.4 is 10.2 Å². The number of rotatable bonds is 4. The number of benzene rings is 1. The molecule has 4 heteroatoms. The summed E-state index contributed by atoms with van der Waals surface area (Å²) in [5.41, 5.74) is 1.79. The normalized spacial score (nSPS) is 9.69. The zero-order valence-corrected chi connectivity index (χ0v) is 9.99. The third-order valence-corrected chi connectivity index (χ3v) is 2.43. The molecule has 0 saturated carbocycles. The molecule has 1 N–H and O–H groups in total. The number of para-hydroxylation sites is 2. The first-order valence-corrected chi connectivity index (χ1v) is 5.41. The molecule has 0 aliphatic heterocycles. The van der Waals surface area contributed by atoms with Crippen LogP contribution in [0.2, 0.25) is 0 Å². The van der Waals surface area contributed by atoms with Gasteiger partial charge in [0.2, 0.25) is 0 Å². The van der Waals surface area contributed by atoms with Crippen LogP contribution in [0.1, 0.15) is 13.8 Å². The van der Waals surface area contributed by atoms with Crippen molar-refractivity contribution in [2.45, 2.75) is 13.8 Å². The van der Waals surface area contributed by atoms with Gasteiger partial charge in [-0.25, -0.2) is 4.79 Å². The summed E-state index contributed by atoms with van der Waals surface area (Å²) in [7, 11) is 1.36. The molecular weight excluding hydrogens is 204 g/mol. The van der Waals surface area contributed by atoms with Gasteiger partial charge in [0.1, 0.15) is 0 Å². The lowest BCUT2D eigenvalue weighted by molar-refractivity contribution is 0.187. The minimum atomic E-state index is -0.445. The number of carbonyl (C=O) groups excluding carboxylic acids is 1. The summed E-state index contributed by atoms with van der Waals surface area (Å²) in [5, 5.41) is 2.71. The first-order valence-electron chi connectivity index (χ1n) is 5.41. The second-order valence-corrected chi connectivity index (χ2v) is 3.31. The highest BCUT2D eigenvalue weighted by Gasteiger charge is 2.09.